The lowest BCUT2D eigenvalue weighted by atomic mass is 9.75. The topological polar surface area (TPSA) is 57.6 Å². The lowest BCUT2D eigenvalue weighted by Gasteiger charge is -2.40. The fraction of sp³-hybridized carbons (Fsp3) is 0.833. The lowest BCUT2D eigenvalue weighted by Crippen LogP contribution is -2.51. The molecule has 1 N–H and O–H groups in total. The summed E-state index contributed by atoms with van der Waals surface area (Å²) >= 11 is 0. The van der Waals surface area contributed by atoms with Crippen LogP contribution in [0.4, 0.5) is 0 Å². The summed E-state index contributed by atoms with van der Waals surface area (Å²) in [6.45, 7) is 2.76. The number of carboxylic acids is 1. The third kappa shape index (κ3) is 2.06. The summed E-state index contributed by atoms with van der Waals surface area (Å²) in [5, 5.41) is 9.09. The Bertz CT molecular complexity index is 297. The maximum absolute atomic E-state index is 12.1. The Morgan fingerprint density at radius 3 is 2.50 bits per heavy atom. The SMILES string of the molecule is CC1CC(C(=O)N2CCCC[C@@H]2C(=O)O)C1. The number of carboxylic acid groups (broad SMARTS) is 1. The third-order valence-electron chi connectivity index (χ3n) is 3.79. The number of hydrogen-bond donors (Lipinski definition) is 1. The highest BCUT2D eigenvalue weighted by molar-refractivity contribution is 5.85. The molecule has 4 heteroatoms. The molecule has 4 nitrogen and oxygen atoms in total. The van der Waals surface area contributed by atoms with Crippen LogP contribution in [0.25, 0.3) is 0 Å². The van der Waals surface area contributed by atoms with E-state index in [1.807, 2.05) is 0 Å². The highest BCUT2D eigenvalue weighted by Gasteiger charge is 2.39. The average molecular weight is 225 g/mol. The van der Waals surface area contributed by atoms with Gasteiger partial charge in [-0.2, -0.15) is 0 Å². The number of piperidine rings is 1. The molecule has 1 saturated heterocycles. The zero-order valence-corrected chi connectivity index (χ0v) is 9.69. The number of aliphatic carboxylic acids is 1. The Kier molecular flexibility index (Phi) is 3.17. The average Bonchev–Trinajstić information content (AvgIpc) is 2.24. The summed E-state index contributed by atoms with van der Waals surface area (Å²) in [5.41, 5.74) is 0. The van der Waals surface area contributed by atoms with Crippen molar-refractivity contribution in [3.8, 4) is 0 Å². The molecule has 90 valence electrons. The zero-order chi connectivity index (χ0) is 11.7. The normalized spacial score (nSPS) is 34.3. The van der Waals surface area contributed by atoms with Gasteiger partial charge >= 0.3 is 5.97 Å². The summed E-state index contributed by atoms with van der Waals surface area (Å²) in [6.07, 6.45) is 4.34. The summed E-state index contributed by atoms with van der Waals surface area (Å²) in [5.74, 6) is -0.0532. The van der Waals surface area contributed by atoms with Crippen molar-refractivity contribution in [2.75, 3.05) is 6.54 Å². The highest BCUT2D eigenvalue weighted by atomic mass is 16.4. The molecule has 0 aromatic carbocycles. The number of hydrogen-bond acceptors (Lipinski definition) is 2. The molecule has 0 spiro atoms. The van der Waals surface area contributed by atoms with E-state index < -0.39 is 12.0 Å². The molecule has 1 saturated carbocycles. The number of nitrogens with zero attached hydrogens (tertiary/aromatic N) is 1. The van der Waals surface area contributed by atoms with Gasteiger partial charge in [0.05, 0.1) is 0 Å². The van der Waals surface area contributed by atoms with Gasteiger partial charge in [0.1, 0.15) is 6.04 Å². The molecule has 1 aliphatic heterocycles. The summed E-state index contributed by atoms with van der Waals surface area (Å²) < 4.78 is 0. The molecule has 16 heavy (non-hydrogen) atoms. The Balaban J connectivity index is 2.00. The first-order chi connectivity index (χ1) is 7.59. The minimum Gasteiger partial charge on any atom is -0.480 e. The van der Waals surface area contributed by atoms with Gasteiger partial charge in [0.15, 0.2) is 0 Å². The van der Waals surface area contributed by atoms with Gasteiger partial charge in [-0.1, -0.05) is 6.92 Å². The van der Waals surface area contributed by atoms with Crippen molar-refractivity contribution >= 4 is 11.9 Å². The second kappa shape index (κ2) is 4.44. The second-order valence-electron chi connectivity index (χ2n) is 5.15. The van der Waals surface area contributed by atoms with Crippen LogP contribution in [-0.2, 0) is 9.59 Å². The molecule has 0 bridgehead atoms. The van der Waals surface area contributed by atoms with Gasteiger partial charge in [-0.15, -0.1) is 0 Å². The molecule has 1 aliphatic carbocycles. The largest absolute Gasteiger partial charge is 0.480 e. The monoisotopic (exact) mass is 225 g/mol. The van der Waals surface area contributed by atoms with Crippen LogP contribution in [-0.4, -0.2) is 34.5 Å². The van der Waals surface area contributed by atoms with Crippen LogP contribution in [0.3, 0.4) is 0 Å². The first kappa shape index (κ1) is 11.4. The number of carbonyl (C=O) groups is 2. The number of carbonyl (C=O) groups excluding carboxylic acids is 1. The molecular weight excluding hydrogens is 206 g/mol. The Hall–Kier alpha value is -1.06. The molecule has 0 aromatic heterocycles. The number of amides is 1. The summed E-state index contributed by atoms with van der Waals surface area (Å²) in [7, 11) is 0. The van der Waals surface area contributed by atoms with Crippen molar-refractivity contribution in [2.45, 2.75) is 45.1 Å². The smallest absolute Gasteiger partial charge is 0.326 e. The standard InChI is InChI=1S/C12H19NO3/c1-8-6-9(7-8)11(14)13-5-3-2-4-10(13)12(15)16/h8-10H,2-7H2,1H3,(H,15,16)/t8?,9?,10-/m1/s1. The van der Waals surface area contributed by atoms with Crippen LogP contribution in [0, 0.1) is 11.8 Å². The lowest BCUT2D eigenvalue weighted by molar-refractivity contribution is -0.156. The van der Waals surface area contributed by atoms with Gasteiger partial charge in [-0.05, 0) is 38.0 Å². The third-order valence-corrected chi connectivity index (χ3v) is 3.79. The fourth-order valence-electron chi connectivity index (χ4n) is 2.79. The van der Waals surface area contributed by atoms with Crippen molar-refractivity contribution in [3.05, 3.63) is 0 Å². The molecule has 2 fully saturated rings. The van der Waals surface area contributed by atoms with Crippen LogP contribution in [0.5, 0.6) is 0 Å². The van der Waals surface area contributed by atoms with Crippen molar-refractivity contribution in [1.82, 2.24) is 4.90 Å². The number of rotatable bonds is 2. The molecule has 0 radical (unpaired) electrons. The maximum atomic E-state index is 12.1. The Labute approximate surface area is 95.6 Å². The van der Waals surface area contributed by atoms with Gasteiger partial charge in [-0.3, -0.25) is 4.79 Å². The van der Waals surface area contributed by atoms with Crippen molar-refractivity contribution in [1.29, 1.82) is 0 Å². The van der Waals surface area contributed by atoms with E-state index >= 15 is 0 Å². The van der Waals surface area contributed by atoms with Gasteiger partial charge in [0, 0.05) is 12.5 Å². The van der Waals surface area contributed by atoms with Crippen molar-refractivity contribution in [2.24, 2.45) is 11.8 Å². The summed E-state index contributed by atoms with van der Waals surface area (Å²) in [6, 6.07) is -0.572. The van der Waals surface area contributed by atoms with Crippen LogP contribution in [0.1, 0.15) is 39.0 Å². The predicted octanol–water partition coefficient (Wildman–Crippen LogP) is 1.50. The highest BCUT2D eigenvalue weighted by Crippen LogP contribution is 2.35. The van der Waals surface area contributed by atoms with E-state index in [2.05, 4.69) is 6.92 Å². The van der Waals surface area contributed by atoms with Gasteiger partial charge in [0.2, 0.25) is 5.91 Å². The van der Waals surface area contributed by atoms with E-state index in [0.717, 1.165) is 25.7 Å². The van der Waals surface area contributed by atoms with E-state index in [0.29, 0.717) is 18.9 Å². The minimum absolute atomic E-state index is 0.0743. The first-order valence-electron chi connectivity index (χ1n) is 6.13. The van der Waals surface area contributed by atoms with Gasteiger partial charge < -0.3 is 10.0 Å². The molecule has 1 atom stereocenters. The van der Waals surface area contributed by atoms with E-state index in [1.54, 1.807) is 4.90 Å². The van der Waals surface area contributed by atoms with Crippen molar-refractivity contribution < 1.29 is 14.7 Å². The van der Waals surface area contributed by atoms with E-state index in [-0.39, 0.29) is 11.8 Å². The molecule has 2 rings (SSSR count). The maximum Gasteiger partial charge on any atom is 0.326 e. The van der Waals surface area contributed by atoms with E-state index in [9.17, 15) is 9.59 Å². The van der Waals surface area contributed by atoms with Crippen LogP contribution >= 0.6 is 0 Å². The van der Waals surface area contributed by atoms with Crippen LogP contribution in [0.2, 0.25) is 0 Å². The molecule has 1 amide bonds. The number of likely N-dealkylation sites (tertiary alicyclic amines) is 1. The van der Waals surface area contributed by atoms with Crippen LogP contribution < -0.4 is 0 Å². The van der Waals surface area contributed by atoms with E-state index in [4.69, 9.17) is 5.11 Å². The quantitative estimate of drug-likeness (QED) is 0.774. The van der Waals surface area contributed by atoms with Gasteiger partial charge in [0.25, 0.3) is 0 Å². The Morgan fingerprint density at radius 1 is 1.25 bits per heavy atom. The molecule has 0 unspecified atom stereocenters. The predicted molar refractivity (Wildman–Crippen MR) is 58.9 cm³/mol. The molecule has 0 aromatic rings. The molecular formula is C12H19NO3. The zero-order valence-electron chi connectivity index (χ0n) is 9.69. The van der Waals surface area contributed by atoms with Crippen LogP contribution in [0.15, 0.2) is 0 Å². The fourth-order valence-corrected chi connectivity index (χ4v) is 2.79. The van der Waals surface area contributed by atoms with Gasteiger partial charge in [-0.25, -0.2) is 4.79 Å². The van der Waals surface area contributed by atoms with Crippen molar-refractivity contribution in [3.63, 3.8) is 0 Å². The summed E-state index contributed by atoms with van der Waals surface area (Å²) in [4.78, 5) is 24.8. The Morgan fingerprint density at radius 2 is 1.94 bits per heavy atom. The minimum atomic E-state index is -0.847. The first-order valence-corrected chi connectivity index (χ1v) is 6.13. The second-order valence-corrected chi connectivity index (χ2v) is 5.15. The van der Waals surface area contributed by atoms with E-state index in [1.165, 1.54) is 0 Å². The molecule has 2 aliphatic rings. The molecule has 1 heterocycles.